The van der Waals surface area contributed by atoms with Crippen LogP contribution in [-0.4, -0.2) is 89.3 Å². The normalized spacial score (nSPS) is 26.6. The van der Waals surface area contributed by atoms with Gasteiger partial charge < -0.3 is 34.0 Å². The highest BCUT2D eigenvalue weighted by atomic mass is 19.4. The Balaban J connectivity index is 1.50. The largest absolute Gasteiger partial charge is 0.573 e. The van der Waals surface area contributed by atoms with Gasteiger partial charge in [-0.05, 0) is 50.1 Å². The Morgan fingerprint density at radius 3 is 2.64 bits per heavy atom. The van der Waals surface area contributed by atoms with Crippen molar-refractivity contribution < 1.29 is 60.5 Å². The van der Waals surface area contributed by atoms with Crippen LogP contribution in [0.5, 0.6) is 5.75 Å². The number of esters is 1. The molecule has 0 saturated carbocycles. The Morgan fingerprint density at radius 2 is 1.92 bits per heavy atom. The van der Waals surface area contributed by atoms with Crippen molar-refractivity contribution in [3.63, 3.8) is 0 Å². The van der Waals surface area contributed by atoms with Crippen LogP contribution in [0, 0.1) is 11.8 Å². The molecule has 13 nitrogen and oxygen atoms in total. The van der Waals surface area contributed by atoms with Gasteiger partial charge in [-0.15, -0.1) is 13.2 Å². The summed E-state index contributed by atoms with van der Waals surface area (Å²) in [5.41, 5.74) is 0.637. The van der Waals surface area contributed by atoms with E-state index in [1.165, 1.54) is 35.3 Å². The second kappa shape index (κ2) is 18.5. The number of rotatable bonds is 5. The summed E-state index contributed by atoms with van der Waals surface area (Å²) in [5.74, 6) is -3.60. The van der Waals surface area contributed by atoms with Crippen LogP contribution < -0.4 is 15.4 Å². The maximum atomic E-state index is 14.8. The molecule has 2 aliphatic heterocycles. The number of halogens is 4. The third kappa shape index (κ3) is 12.8. The molecule has 1 saturated heterocycles. The molecule has 3 heterocycles. The van der Waals surface area contributed by atoms with Crippen LogP contribution in [0.1, 0.15) is 56.4 Å². The quantitative estimate of drug-likeness (QED) is 0.265. The summed E-state index contributed by atoms with van der Waals surface area (Å²) >= 11 is 0. The fraction of sp³-hybridized carbons (Fsp3) is 0.472. The number of hydrogen-bond donors (Lipinski definition) is 3. The molecule has 2 aliphatic rings. The maximum absolute atomic E-state index is 14.8. The summed E-state index contributed by atoms with van der Waals surface area (Å²) in [6.45, 7) is 5.12. The van der Waals surface area contributed by atoms with Crippen molar-refractivity contribution in [1.29, 1.82) is 0 Å². The molecule has 288 valence electrons. The fourth-order valence-electron chi connectivity index (χ4n) is 5.83. The summed E-state index contributed by atoms with van der Waals surface area (Å²) < 4.78 is 72.7. The summed E-state index contributed by atoms with van der Waals surface area (Å²) in [5, 5.41) is 15.4. The minimum atomic E-state index is -4.88. The van der Waals surface area contributed by atoms with Gasteiger partial charge in [0.25, 0.3) is 5.91 Å². The van der Waals surface area contributed by atoms with Crippen LogP contribution in [0.4, 0.5) is 28.0 Å². The summed E-state index contributed by atoms with van der Waals surface area (Å²) in [4.78, 5) is 57.7. The average molecular weight is 751 g/mol. The molecule has 0 unspecified atom stereocenters. The Bertz CT molecular complexity index is 1680. The number of fused-ring (bicyclic) bond motifs is 3. The number of hydrogen-bond acceptors (Lipinski definition) is 10. The number of cyclic esters (lactones) is 1. The summed E-state index contributed by atoms with van der Waals surface area (Å²) in [6, 6.07) is 3.41. The van der Waals surface area contributed by atoms with Gasteiger partial charge in [-0.3, -0.25) is 14.9 Å². The molecule has 0 radical (unpaired) electrons. The first-order valence-corrected chi connectivity index (χ1v) is 17.0. The molecule has 2 aromatic rings. The van der Waals surface area contributed by atoms with Gasteiger partial charge >= 0.3 is 18.4 Å². The number of alkyl halides is 4. The monoisotopic (exact) mass is 750 g/mol. The number of aromatic nitrogens is 1. The van der Waals surface area contributed by atoms with E-state index >= 15 is 0 Å². The standard InChI is InChI=1S/C36H42F4N4O9/c1-21-6-4-14-41-30(46)13-8-22(2)32(23(3)19-51-35(49)42-25-9-11-27(12-10-25)53-36(38,39)40)52-34(48)29-7-5-15-44(29)33(47)28-20-50-31(43-28)18-24(37)17-26(45)16-21/h4,6,8-13,16,20,22-24,26,29,32,45H,5,7,14-15,17-19H2,1-3H3,(H,41,46)(H,42,49)/b6-4+,13-8+,21-16+/t22-,23-,24-,26-,29-,32+/m1/s1. The molecule has 2 bridgehead atoms. The number of benzene rings is 1. The number of amides is 3. The van der Waals surface area contributed by atoms with E-state index in [0.29, 0.717) is 12.0 Å². The van der Waals surface area contributed by atoms with Crippen LogP contribution in [-0.2, 0) is 25.5 Å². The van der Waals surface area contributed by atoms with Crippen molar-refractivity contribution in [2.24, 2.45) is 11.8 Å². The first-order chi connectivity index (χ1) is 25.1. The van der Waals surface area contributed by atoms with E-state index in [-0.39, 0.29) is 56.2 Å². The Labute approximate surface area is 303 Å². The highest BCUT2D eigenvalue weighted by molar-refractivity contribution is 5.95. The van der Waals surface area contributed by atoms with Gasteiger partial charge in [-0.2, -0.15) is 0 Å². The Hall–Kier alpha value is -5.19. The number of oxazole rings is 1. The number of carbonyl (C=O) groups excluding carboxylic acids is 4. The van der Waals surface area contributed by atoms with E-state index in [9.17, 15) is 41.8 Å². The SMILES string of the molecule is CC1=C\[C@@H](O)C[C@@H](F)Cc2nc(co2)C(=O)N2CCC[C@@H]2C(=O)O[C@H]([C@H](C)COC(=O)Nc2ccc(OC(F)(F)F)cc2)[C@H](C)/C=C/C(=O)NC\C=C\1. The van der Waals surface area contributed by atoms with Crippen LogP contribution in [0.2, 0.25) is 0 Å². The smallest absolute Gasteiger partial charge is 0.460 e. The molecule has 4 rings (SSSR count). The minimum absolute atomic E-state index is 0.0490. The molecule has 3 amide bonds. The van der Waals surface area contributed by atoms with E-state index < -0.39 is 72.2 Å². The van der Waals surface area contributed by atoms with Gasteiger partial charge in [-0.1, -0.05) is 43.7 Å². The first kappa shape index (κ1) is 40.6. The predicted molar refractivity (Wildman–Crippen MR) is 181 cm³/mol. The van der Waals surface area contributed by atoms with Crippen LogP contribution in [0.25, 0.3) is 0 Å². The van der Waals surface area contributed by atoms with Gasteiger partial charge in [0.05, 0.1) is 19.1 Å². The average Bonchev–Trinajstić information content (AvgIpc) is 3.77. The lowest BCUT2D eigenvalue weighted by molar-refractivity contribution is -0.274. The lowest BCUT2D eigenvalue weighted by Gasteiger charge is -2.30. The Morgan fingerprint density at radius 1 is 1.19 bits per heavy atom. The number of carbonyl (C=O) groups is 4. The van der Waals surface area contributed by atoms with Crippen LogP contribution in [0.3, 0.4) is 0 Å². The molecule has 1 aromatic carbocycles. The third-order valence-corrected chi connectivity index (χ3v) is 8.37. The number of aliphatic hydroxyl groups is 1. The van der Waals surface area contributed by atoms with Crippen molar-refractivity contribution in [2.45, 2.75) is 77.2 Å². The Kier molecular flexibility index (Phi) is 14.2. The molecule has 1 aromatic heterocycles. The van der Waals surface area contributed by atoms with Gasteiger partial charge in [0, 0.05) is 37.0 Å². The number of nitrogens with one attached hydrogen (secondary N) is 2. The van der Waals surface area contributed by atoms with Crippen molar-refractivity contribution in [2.75, 3.05) is 25.0 Å². The van der Waals surface area contributed by atoms with Crippen molar-refractivity contribution in [3.8, 4) is 5.75 Å². The zero-order chi connectivity index (χ0) is 38.7. The summed E-state index contributed by atoms with van der Waals surface area (Å²) in [6.07, 6.45) is -0.551. The molecule has 3 N–H and O–H groups in total. The van der Waals surface area contributed by atoms with Crippen LogP contribution >= 0.6 is 0 Å². The molecular formula is C36H42F4N4O9. The van der Waals surface area contributed by atoms with Crippen LogP contribution in [0.15, 0.2) is 70.9 Å². The van der Waals surface area contributed by atoms with Gasteiger partial charge in [0.2, 0.25) is 5.91 Å². The van der Waals surface area contributed by atoms with E-state index in [1.807, 2.05) is 0 Å². The molecule has 53 heavy (non-hydrogen) atoms. The van der Waals surface area contributed by atoms with E-state index in [4.69, 9.17) is 13.9 Å². The maximum Gasteiger partial charge on any atom is 0.573 e. The zero-order valence-electron chi connectivity index (χ0n) is 29.3. The minimum Gasteiger partial charge on any atom is -0.460 e. The highest BCUT2D eigenvalue weighted by Crippen LogP contribution is 2.27. The fourth-order valence-corrected chi connectivity index (χ4v) is 5.83. The van der Waals surface area contributed by atoms with Crippen molar-refractivity contribution in [1.82, 2.24) is 15.2 Å². The summed E-state index contributed by atoms with van der Waals surface area (Å²) in [7, 11) is 0. The highest BCUT2D eigenvalue weighted by Gasteiger charge is 2.39. The van der Waals surface area contributed by atoms with Gasteiger partial charge in [0.15, 0.2) is 11.6 Å². The zero-order valence-corrected chi connectivity index (χ0v) is 29.3. The van der Waals surface area contributed by atoms with Gasteiger partial charge in [0.1, 0.15) is 30.3 Å². The van der Waals surface area contributed by atoms with Crippen molar-refractivity contribution >= 4 is 29.6 Å². The lowest BCUT2D eigenvalue weighted by Crippen LogP contribution is -2.44. The number of ether oxygens (including phenoxy) is 3. The number of aliphatic hydroxyl groups excluding tert-OH is 1. The first-order valence-electron chi connectivity index (χ1n) is 17.0. The lowest BCUT2D eigenvalue weighted by atomic mass is 9.93. The molecule has 6 atom stereocenters. The van der Waals surface area contributed by atoms with Crippen molar-refractivity contribution in [3.05, 3.63) is 78.1 Å². The number of anilines is 1. The van der Waals surface area contributed by atoms with E-state index in [1.54, 1.807) is 32.9 Å². The molecule has 17 heteroatoms. The molecule has 1 fully saturated rings. The second-order valence-electron chi connectivity index (χ2n) is 12.8. The van der Waals surface area contributed by atoms with E-state index in [0.717, 1.165) is 18.4 Å². The molecule has 0 aliphatic carbocycles. The topological polar surface area (TPSA) is 170 Å². The molecule has 0 spiro atoms. The number of nitrogens with zero attached hydrogens (tertiary/aromatic N) is 2. The van der Waals surface area contributed by atoms with E-state index in [2.05, 4.69) is 20.4 Å². The third-order valence-electron chi connectivity index (χ3n) is 8.37. The predicted octanol–water partition coefficient (Wildman–Crippen LogP) is 5.43. The number of allylic oxidation sites excluding steroid dienone is 2. The van der Waals surface area contributed by atoms with Gasteiger partial charge in [-0.25, -0.2) is 19.0 Å². The molecular weight excluding hydrogens is 708 g/mol. The second-order valence-corrected chi connectivity index (χ2v) is 12.8.